The van der Waals surface area contributed by atoms with Crippen molar-refractivity contribution in [2.75, 3.05) is 36.4 Å². The third kappa shape index (κ3) is 3.71. The molecule has 6 heteroatoms. The highest BCUT2D eigenvalue weighted by molar-refractivity contribution is 5.93. The van der Waals surface area contributed by atoms with Gasteiger partial charge in [-0.3, -0.25) is 4.98 Å². The number of pyridine rings is 1. The molecule has 1 aliphatic rings. The van der Waals surface area contributed by atoms with Gasteiger partial charge in [-0.05, 0) is 24.3 Å². The average molecular weight is 368 g/mol. The van der Waals surface area contributed by atoms with Gasteiger partial charge in [0.2, 0.25) is 0 Å². The van der Waals surface area contributed by atoms with Crippen LogP contribution in [0.25, 0.3) is 10.9 Å². The summed E-state index contributed by atoms with van der Waals surface area (Å²) in [6.45, 7) is 3.37. The number of aromatic nitrogens is 1. The lowest BCUT2D eigenvalue weighted by Gasteiger charge is -2.29. The fourth-order valence-corrected chi connectivity index (χ4v) is 3.47. The Hall–Kier alpha value is -2.73. The number of alkyl halides is 1. The van der Waals surface area contributed by atoms with E-state index in [1.54, 1.807) is 18.3 Å². The molecule has 0 saturated carbocycles. The predicted octanol–water partition coefficient (Wildman–Crippen LogP) is 3.87. The van der Waals surface area contributed by atoms with E-state index in [-0.39, 0.29) is 12.1 Å². The summed E-state index contributed by atoms with van der Waals surface area (Å²) in [5.74, 6) is -0.479. The molecule has 1 aromatic heterocycles. The Morgan fingerprint density at radius 2 is 1.89 bits per heavy atom. The summed E-state index contributed by atoms with van der Waals surface area (Å²) in [6.07, 6.45) is 1.74. The van der Waals surface area contributed by atoms with Crippen molar-refractivity contribution in [2.45, 2.75) is 13.2 Å². The summed E-state index contributed by atoms with van der Waals surface area (Å²) < 4.78 is 27.2. The normalized spacial score (nSPS) is 14.5. The number of piperazine rings is 1. The van der Waals surface area contributed by atoms with Crippen molar-refractivity contribution in [1.82, 2.24) is 10.3 Å². The number of halogens is 2. The lowest BCUT2D eigenvalue weighted by atomic mass is 10.1. The van der Waals surface area contributed by atoms with Gasteiger partial charge in [0.1, 0.15) is 12.5 Å². The second kappa shape index (κ2) is 7.88. The van der Waals surface area contributed by atoms with Crippen LogP contribution in [-0.4, -0.2) is 31.2 Å². The average Bonchev–Trinajstić information content (AvgIpc) is 2.73. The maximum atomic E-state index is 14.3. The number of anilines is 2. The van der Waals surface area contributed by atoms with E-state index >= 15 is 0 Å². The van der Waals surface area contributed by atoms with E-state index in [4.69, 9.17) is 0 Å². The highest BCUT2D eigenvalue weighted by Gasteiger charge is 2.13. The second-order valence-electron chi connectivity index (χ2n) is 6.67. The highest BCUT2D eigenvalue weighted by atomic mass is 19.1. The number of nitrogens with one attached hydrogen (secondary N) is 2. The summed E-state index contributed by atoms with van der Waals surface area (Å²) >= 11 is 0. The topological polar surface area (TPSA) is 40.2 Å². The van der Waals surface area contributed by atoms with E-state index < -0.39 is 12.5 Å². The van der Waals surface area contributed by atoms with Gasteiger partial charge in [0.15, 0.2) is 0 Å². The van der Waals surface area contributed by atoms with E-state index in [0.717, 1.165) is 48.5 Å². The van der Waals surface area contributed by atoms with Gasteiger partial charge in [-0.25, -0.2) is 8.78 Å². The van der Waals surface area contributed by atoms with E-state index in [1.807, 2.05) is 12.1 Å². The van der Waals surface area contributed by atoms with Crippen molar-refractivity contribution in [1.29, 1.82) is 0 Å². The van der Waals surface area contributed by atoms with Gasteiger partial charge in [-0.15, -0.1) is 0 Å². The molecular formula is C21H22F2N4. The molecule has 0 radical (unpaired) electrons. The lowest BCUT2D eigenvalue weighted by molar-refractivity contribution is 0.461. The van der Waals surface area contributed by atoms with Crippen LogP contribution >= 0.6 is 0 Å². The van der Waals surface area contributed by atoms with Gasteiger partial charge in [-0.1, -0.05) is 18.2 Å². The second-order valence-corrected chi connectivity index (χ2v) is 6.67. The number of hydrogen-bond donors (Lipinski definition) is 2. The summed E-state index contributed by atoms with van der Waals surface area (Å²) in [6, 6.07) is 13.0. The minimum Gasteiger partial charge on any atom is -0.380 e. The highest BCUT2D eigenvalue weighted by Crippen LogP contribution is 2.28. The number of rotatable bonds is 5. The van der Waals surface area contributed by atoms with Gasteiger partial charge in [0.25, 0.3) is 0 Å². The SMILES string of the molecule is FCc1cccc(CNc2ccnc3ccc(N4CCNCC4)cc23)c1F. The van der Waals surface area contributed by atoms with Gasteiger partial charge < -0.3 is 15.5 Å². The van der Waals surface area contributed by atoms with Crippen LogP contribution in [0.15, 0.2) is 48.7 Å². The molecule has 0 unspecified atom stereocenters. The minimum absolute atomic E-state index is 0.0925. The van der Waals surface area contributed by atoms with Crippen molar-refractivity contribution in [3.05, 3.63) is 65.6 Å². The molecule has 0 spiro atoms. The van der Waals surface area contributed by atoms with Crippen LogP contribution in [-0.2, 0) is 13.2 Å². The molecule has 0 amide bonds. The molecule has 1 aliphatic heterocycles. The first-order valence-electron chi connectivity index (χ1n) is 9.17. The summed E-state index contributed by atoms with van der Waals surface area (Å²) in [5.41, 5.74) is 3.48. The molecule has 140 valence electrons. The van der Waals surface area contributed by atoms with Crippen LogP contribution in [0.4, 0.5) is 20.2 Å². The minimum atomic E-state index is -0.800. The lowest BCUT2D eigenvalue weighted by Crippen LogP contribution is -2.43. The molecule has 2 heterocycles. The number of fused-ring (bicyclic) bond motifs is 1. The smallest absolute Gasteiger partial charge is 0.133 e. The van der Waals surface area contributed by atoms with Gasteiger partial charge in [0, 0.05) is 66.8 Å². The van der Waals surface area contributed by atoms with Crippen molar-refractivity contribution in [2.24, 2.45) is 0 Å². The third-order valence-corrected chi connectivity index (χ3v) is 4.98. The Kier molecular flexibility index (Phi) is 5.16. The Labute approximate surface area is 157 Å². The standard InChI is InChI=1S/C21H22F2N4/c22-13-15-2-1-3-16(21(15)23)14-26-20-6-7-25-19-5-4-17(12-18(19)20)27-10-8-24-9-11-27/h1-7,12,24H,8-11,13-14H2,(H,25,26). The third-order valence-electron chi connectivity index (χ3n) is 4.98. The van der Waals surface area contributed by atoms with Crippen LogP contribution in [0.3, 0.4) is 0 Å². The fourth-order valence-electron chi connectivity index (χ4n) is 3.47. The molecule has 0 bridgehead atoms. The van der Waals surface area contributed by atoms with Crippen molar-refractivity contribution < 1.29 is 8.78 Å². The molecule has 0 atom stereocenters. The number of nitrogens with zero attached hydrogens (tertiary/aromatic N) is 2. The van der Waals surface area contributed by atoms with E-state index in [2.05, 4.69) is 32.7 Å². The first-order chi connectivity index (χ1) is 13.3. The monoisotopic (exact) mass is 368 g/mol. The Bertz CT molecular complexity index is 939. The first-order valence-corrected chi connectivity index (χ1v) is 9.17. The quantitative estimate of drug-likeness (QED) is 0.717. The van der Waals surface area contributed by atoms with E-state index in [0.29, 0.717) is 5.56 Å². The van der Waals surface area contributed by atoms with Gasteiger partial charge in [0.05, 0.1) is 5.52 Å². The number of benzene rings is 2. The maximum absolute atomic E-state index is 14.3. The molecule has 3 aromatic rings. The molecule has 0 aliphatic carbocycles. The number of hydrogen-bond acceptors (Lipinski definition) is 4. The fraction of sp³-hybridized carbons (Fsp3) is 0.286. The Morgan fingerprint density at radius 3 is 2.70 bits per heavy atom. The van der Waals surface area contributed by atoms with Crippen molar-refractivity contribution in [3.63, 3.8) is 0 Å². The zero-order chi connectivity index (χ0) is 18.6. The molecule has 4 nitrogen and oxygen atoms in total. The Morgan fingerprint density at radius 1 is 1.07 bits per heavy atom. The first kappa shape index (κ1) is 17.7. The van der Waals surface area contributed by atoms with Crippen molar-refractivity contribution >= 4 is 22.3 Å². The zero-order valence-corrected chi connectivity index (χ0v) is 15.0. The van der Waals surface area contributed by atoms with Gasteiger partial charge in [-0.2, -0.15) is 0 Å². The van der Waals surface area contributed by atoms with E-state index in [1.165, 1.54) is 6.07 Å². The Balaban J connectivity index is 1.61. The van der Waals surface area contributed by atoms with E-state index in [9.17, 15) is 8.78 Å². The van der Waals surface area contributed by atoms with Crippen LogP contribution < -0.4 is 15.5 Å². The van der Waals surface area contributed by atoms with Gasteiger partial charge >= 0.3 is 0 Å². The predicted molar refractivity (Wildman–Crippen MR) is 105 cm³/mol. The maximum Gasteiger partial charge on any atom is 0.133 e. The zero-order valence-electron chi connectivity index (χ0n) is 15.0. The molecular weight excluding hydrogens is 346 g/mol. The molecule has 1 saturated heterocycles. The van der Waals surface area contributed by atoms with Crippen LogP contribution in [0.2, 0.25) is 0 Å². The molecule has 2 N–H and O–H groups in total. The van der Waals surface area contributed by atoms with Crippen molar-refractivity contribution in [3.8, 4) is 0 Å². The summed E-state index contributed by atoms with van der Waals surface area (Å²) in [5, 5.41) is 7.65. The molecule has 1 fully saturated rings. The largest absolute Gasteiger partial charge is 0.380 e. The van der Waals surface area contributed by atoms with Crippen LogP contribution in [0.1, 0.15) is 11.1 Å². The molecule has 4 rings (SSSR count). The molecule has 27 heavy (non-hydrogen) atoms. The van der Waals surface area contributed by atoms with Crippen LogP contribution in [0, 0.1) is 5.82 Å². The summed E-state index contributed by atoms with van der Waals surface area (Å²) in [7, 11) is 0. The summed E-state index contributed by atoms with van der Waals surface area (Å²) in [4.78, 5) is 6.78. The van der Waals surface area contributed by atoms with Crippen LogP contribution in [0.5, 0.6) is 0 Å². The molecule has 2 aromatic carbocycles.